The molecule has 18 heavy (non-hydrogen) atoms. The Balaban J connectivity index is 2.94. The van der Waals surface area contributed by atoms with Crippen LogP contribution >= 0.6 is 0 Å². The average molecular weight is 254 g/mol. The van der Waals surface area contributed by atoms with Gasteiger partial charge >= 0.3 is 0 Å². The van der Waals surface area contributed by atoms with Crippen molar-refractivity contribution in [1.29, 1.82) is 0 Å². The Bertz CT molecular complexity index is 410. The predicted octanol–water partition coefficient (Wildman–Crippen LogP) is 1.28. The van der Waals surface area contributed by atoms with Gasteiger partial charge in [-0.3, -0.25) is 4.79 Å². The van der Waals surface area contributed by atoms with Crippen LogP contribution in [0.15, 0.2) is 18.2 Å². The number of aliphatic hydroxyl groups is 1. The van der Waals surface area contributed by atoms with Crippen molar-refractivity contribution in [2.45, 2.75) is 20.0 Å². The van der Waals surface area contributed by atoms with Crippen LogP contribution in [0.5, 0.6) is 0 Å². The van der Waals surface area contributed by atoms with Crippen molar-refractivity contribution < 1.29 is 14.3 Å². The molecule has 0 aliphatic heterocycles. The van der Waals surface area contributed by atoms with Crippen LogP contribution in [0.1, 0.15) is 18.9 Å². The summed E-state index contributed by atoms with van der Waals surface area (Å²) in [6, 6.07) is 4.55. The topological polar surface area (TPSA) is 52.6 Å². The van der Waals surface area contributed by atoms with Gasteiger partial charge in [0.15, 0.2) is 0 Å². The fourth-order valence-electron chi connectivity index (χ4n) is 1.71. The third-order valence-corrected chi connectivity index (χ3v) is 2.64. The van der Waals surface area contributed by atoms with Crippen LogP contribution in [0.25, 0.3) is 0 Å². The molecule has 0 radical (unpaired) electrons. The van der Waals surface area contributed by atoms with Crippen LogP contribution in [0.4, 0.5) is 10.1 Å². The number of halogens is 1. The molecule has 0 aromatic heterocycles. The summed E-state index contributed by atoms with van der Waals surface area (Å²) in [6.07, 6.45) is 0.818. The van der Waals surface area contributed by atoms with E-state index >= 15 is 0 Å². The molecule has 0 unspecified atom stereocenters. The van der Waals surface area contributed by atoms with E-state index in [1.807, 2.05) is 6.92 Å². The highest BCUT2D eigenvalue weighted by Crippen LogP contribution is 2.20. The fourth-order valence-corrected chi connectivity index (χ4v) is 1.71. The molecule has 0 aliphatic rings. The van der Waals surface area contributed by atoms with Crippen molar-refractivity contribution in [3.8, 4) is 0 Å². The minimum atomic E-state index is -0.418. The van der Waals surface area contributed by atoms with Gasteiger partial charge in [0.2, 0.25) is 5.91 Å². The Morgan fingerprint density at radius 2 is 2.22 bits per heavy atom. The van der Waals surface area contributed by atoms with Gasteiger partial charge in [0.05, 0.1) is 18.8 Å². The molecule has 1 aromatic carbocycles. The molecule has 0 heterocycles. The first-order chi connectivity index (χ1) is 8.62. The molecule has 1 rings (SSSR count). The zero-order chi connectivity index (χ0) is 13.5. The van der Waals surface area contributed by atoms with Gasteiger partial charge < -0.3 is 15.3 Å². The molecule has 0 saturated carbocycles. The maximum atomic E-state index is 13.9. The maximum Gasteiger partial charge on any atom is 0.239 e. The maximum absolute atomic E-state index is 13.9. The number of hydrogen-bond donors (Lipinski definition) is 2. The minimum absolute atomic E-state index is 0.125. The summed E-state index contributed by atoms with van der Waals surface area (Å²) in [6.45, 7) is 2.50. The highest BCUT2D eigenvalue weighted by atomic mass is 19.1. The first-order valence-electron chi connectivity index (χ1n) is 5.97. The van der Waals surface area contributed by atoms with E-state index in [1.165, 1.54) is 6.07 Å². The lowest BCUT2D eigenvalue weighted by atomic mass is 10.2. The number of aliphatic hydroxyl groups excluding tert-OH is 1. The average Bonchev–Trinajstić information content (AvgIpc) is 2.38. The summed E-state index contributed by atoms with van der Waals surface area (Å²) in [5.74, 6) is -0.576. The molecule has 4 nitrogen and oxygen atoms in total. The molecule has 0 atom stereocenters. The largest absolute Gasteiger partial charge is 0.392 e. The SMILES string of the molecule is CCCN(CC(=O)NC)c1ccc(CO)cc1F. The van der Waals surface area contributed by atoms with Crippen LogP contribution in [0.2, 0.25) is 0 Å². The number of carbonyl (C=O) groups excluding carboxylic acids is 1. The summed E-state index contributed by atoms with van der Waals surface area (Å²) in [5.41, 5.74) is 0.908. The van der Waals surface area contributed by atoms with Crippen molar-refractivity contribution in [2.75, 3.05) is 25.0 Å². The number of benzene rings is 1. The molecule has 5 heteroatoms. The van der Waals surface area contributed by atoms with Crippen LogP contribution in [0.3, 0.4) is 0 Å². The molecule has 0 spiro atoms. The molecule has 0 fully saturated rings. The van der Waals surface area contributed by atoms with Crippen molar-refractivity contribution >= 4 is 11.6 Å². The third-order valence-electron chi connectivity index (χ3n) is 2.64. The van der Waals surface area contributed by atoms with E-state index in [1.54, 1.807) is 24.1 Å². The van der Waals surface area contributed by atoms with E-state index in [9.17, 15) is 9.18 Å². The zero-order valence-electron chi connectivity index (χ0n) is 10.7. The van der Waals surface area contributed by atoms with Crippen molar-refractivity contribution in [2.24, 2.45) is 0 Å². The third kappa shape index (κ3) is 3.70. The van der Waals surface area contributed by atoms with Crippen LogP contribution in [-0.2, 0) is 11.4 Å². The van der Waals surface area contributed by atoms with Crippen molar-refractivity contribution in [1.82, 2.24) is 5.32 Å². The summed E-state index contributed by atoms with van der Waals surface area (Å²) in [5, 5.41) is 11.5. The number of rotatable bonds is 6. The van der Waals surface area contributed by atoms with Crippen LogP contribution in [0, 0.1) is 5.82 Å². The number of hydrogen-bond acceptors (Lipinski definition) is 3. The Morgan fingerprint density at radius 1 is 1.50 bits per heavy atom. The van der Waals surface area contributed by atoms with Crippen LogP contribution < -0.4 is 10.2 Å². The molecular formula is C13H19FN2O2. The molecule has 100 valence electrons. The van der Waals surface area contributed by atoms with Gasteiger partial charge in [0.1, 0.15) is 5.82 Å². The lowest BCUT2D eigenvalue weighted by Crippen LogP contribution is -2.36. The number of nitrogens with one attached hydrogen (secondary N) is 1. The Morgan fingerprint density at radius 3 is 2.72 bits per heavy atom. The molecule has 1 aromatic rings. The smallest absolute Gasteiger partial charge is 0.239 e. The molecule has 0 saturated heterocycles. The second-order valence-electron chi connectivity index (χ2n) is 4.04. The monoisotopic (exact) mass is 254 g/mol. The molecule has 0 aliphatic carbocycles. The van der Waals surface area contributed by atoms with Gasteiger partial charge in [-0.15, -0.1) is 0 Å². The first kappa shape index (κ1) is 14.4. The fraction of sp³-hybridized carbons (Fsp3) is 0.462. The van der Waals surface area contributed by atoms with Gasteiger partial charge in [0.25, 0.3) is 0 Å². The van der Waals surface area contributed by atoms with Gasteiger partial charge in [0, 0.05) is 13.6 Å². The summed E-state index contributed by atoms with van der Waals surface area (Å²) in [7, 11) is 1.55. The zero-order valence-corrected chi connectivity index (χ0v) is 10.7. The second-order valence-corrected chi connectivity index (χ2v) is 4.04. The molecule has 0 bridgehead atoms. The number of amides is 1. The lowest BCUT2D eigenvalue weighted by Gasteiger charge is -2.24. The minimum Gasteiger partial charge on any atom is -0.392 e. The summed E-state index contributed by atoms with van der Waals surface area (Å²) in [4.78, 5) is 13.1. The standard InChI is InChI=1S/C13H19FN2O2/c1-3-6-16(8-13(18)15-2)12-5-4-10(9-17)7-11(12)14/h4-5,7,17H,3,6,8-9H2,1-2H3,(H,15,18). The molecule has 2 N–H and O–H groups in total. The Labute approximate surface area is 106 Å². The van der Waals surface area contributed by atoms with Gasteiger partial charge in [-0.1, -0.05) is 13.0 Å². The van der Waals surface area contributed by atoms with Gasteiger partial charge in [-0.2, -0.15) is 0 Å². The summed E-state index contributed by atoms with van der Waals surface area (Å²) >= 11 is 0. The number of likely N-dealkylation sites (N-methyl/N-ethyl adjacent to an activating group) is 1. The first-order valence-corrected chi connectivity index (χ1v) is 5.97. The summed E-state index contributed by atoms with van der Waals surface area (Å²) < 4.78 is 13.9. The molecule has 1 amide bonds. The number of anilines is 1. The highest BCUT2D eigenvalue weighted by Gasteiger charge is 2.14. The lowest BCUT2D eigenvalue weighted by molar-refractivity contribution is -0.119. The van der Waals surface area contributed by atoms with E-state index in [4.69, 9.17) is 5.11 Å². The van der Waals surface area contributed by atoms with Crippen molar-refractivity contribution in [3.05, 3.63) is 29.6 Å². The Hall–Kier alpha value is -1.62. The predicted molar refractivity (Wildman–Crippen MR) is 68.9 cm³/mol. The number of nitrogens with zero attached hydrogens (tertiary/aromatic N) is 1. The normalized spacial score (nSPS) is 10.2. The second kappa shape index (κ2) is 6.96. The molecular weight excluding hydrogens is 235 g/mol. The Kier molecular flexibility index (Phi) is 5.58. The van der Waals surface area contributed by atoms with Gasteiger partial charge in [-0.25, -0.2) is 4.39 Å². The number of carbonyl (C=O) groups is 1. The highest BCUT2D eigenvalue weighted by molar-refractivity contribution is 5.81. The van der Waals surface area contributed by atoms with Crippen LogP contribution in [-0.4, -0.2) is 31.2 Å². The van der Waals surface area contributed by atoms with E-state index in [0.717, 1.165) is 6.42 Å². The van der Waals surface area contributed by atoms with E-state index in [0.29, 0.717) is 17.8 Å². The quantitative estimate of drug-likeness (QED) is 0.804. The van der Waals surface area contributed by atoms with E-state index < -0.39 is 5.82 Å². The van der Waals surface area contributed by atoms with E-state index in [2.05, 4.69) is 5.32 Å². The van der Waals surface area contributed by atoms with Gasteiger partial charge in [-0.05, 0) is 24.1 Å². The van der Waals surface area contributed by atoms with Crippen molar-refractivity contribution in [3.63, 3.8) is 0 Å². The van der Waals surface area contributed by atoms with E-state index in [-0.39, 0.29) is 19.1 Å².